The van der Waals surface area contributed by atoms with Crippen molar-refractivity contribution in [1.82, 2.24) is 10.4 Å². The highest BCUT2D eigenvalue weighted by Crippen LogP contribution is 2.20. The molecule has 0 unspecified atom stereocenters. The molecule has 0 saturated carbocycles. The quantitative estimate of drug-likeness (QED) is 0.437. The van der Waals surface area contributed by atoms with Crippen molar-refractivity contribution in [3.05, 3.63) is 30.3 Å². The first-order chi connectivity index (χ1) is 14.4. The van der Waals surface area contributed by atoms with Crippen LogP contribution in [0.2, 0.25) is 0 Å². The third kappa shape index (κ3) is 7.94. The Morgan fingerprint density at radius 2 is 1.80 bits per heavy atom. The van der Waals surface area contributed by atoms with Gasteiger partial charge in [-0.05, 0) is 12.1 Å². The van der Waals surface area contributed by atoms with Gasteiger partial charge in [0.1, 0.15) is 0 Å². The molecule has 2 amide bonds. The van der Waals surface area contributed by atoms with Crippen molar-refractivity contribution in [1.29, 1.82) is 0 Å². The first kappa shape index (κ1) is 23.5. The zero-order valence-corrected chi connectivity index (χ0v) is 17.7. The maximum atomic E-state index is 12.9. The Hall–Kier alpha value is -2.75. The number of carbonyl (C=O) groups is 4. The molecule has 0 aromatic heterocycles. The van der Waals surface area contributed by atoms with E-state index >= 15 is 0 Å². The van der Waals surface area contributed by atoms with E-state index in [1.54, 1.807) is 4.90 Å². The Bertz CT molecular complexity index is 737. The van der Waals surface area contributed by atoms with Crippen molar-refractivity contribution in [2.75, 3.05) is 42.6 Å². The minimum absolute atomic E-state index is 0.0503. The number of hydroxylamine groups is 1. The average Bonchev–Trinajstić information content (AvgIpc) is 2.74. The smallest absolute Gasteiger partial charge is 0.333 e. The molecule has 1 atom stereocenters. The number of piperazine rings is 1. The van der Waals surface area contributed by atoms with E-state index in [0.717, 1.165) is 5.69 Å². The Kier molecular flexibility index (Phi) is 9.46. The summed E-state index contributed by atoms with van der Waals surface area (Å²) in [6, 6.07) is 9.95. The predicted octanol–water partition coefficient (Wildman–Crippen LogP) is 1.14. The van der Waals surface area contributed by atoms with Crippen molar-refractivity contribution < 1.29 is 29.1 Å². The Balaban J connectivity index is 1.80. The molecule has 1 aromatic carbocycles. The fraction of sp³-hybridized carbons (Fsp3) is 0.500. The Labute approximate surface area is 179 Å². The molecule has 0 aliphatic carbocycles. The molecule has 10 heteroatoms. The summed E-state index contributed by atoms with van der Waals surface area (Å²) in [5.74, 6) is -2.24. The van der Waals surface area contributed by atoms with Crippen LogP contribution in [0, 0.1) is 5.92 Å². The van der Waals surface area contributed by atoms with Crippen LogP contribution in [0.25, 0.3) is 0 Å². The van der Waals surface area contributed by atoms with Crippen LogP contribution in [0.3, 0.4) is 0 Å². The number of aliphatic carboxylic acids is 1. The second kappa shape index (κ2) is 12.1. The Morgan fingerprint density at radius 1 is 1.13 bits per heavy atom. The van der Waals surface area contributed by atoms with Gasteiger partial charge in [-0.15, -0.1) is 0 Å². The lowest BCUT2D eigenvalue weighted by atomic mass is 10.1. The topological polar surface area (TPSA) is 116 Å². The number of amides is 2. The number of nitrogens with one attached hydrogen (secondary N) is 1. The lowest BCUT2D eigenvalue weighted by molar-refractivity contribution is -0.157. The second-order valence-electron chi connectivity index (χ2n) is 6.90. The number of benzene rings is 1. The third-order valence-electron chi connectivity index (χ3n) is 4.56. The zero-order valence-electron chi connectivity index (χ0n) is 16.9. The maximum Gasteiger partial charge on any atom is 0.333 e. The molecular weight excluding hydrogens is 410 g/mol. The molecule has 30 heavy (non-hydrogen) atoms. The molecule has 0 radical (unpaired) electrons. The van der Waals surface area contributed by atoms with Gasteiger partial charge >= 0.3 is 11.9 Å². The van der Waals surface area contributed by atoms with Gasteiger partial charge in [0.15, 0.2) is 0 Å². The van der Waals surface area contributed by atoms with Crippen LogP contribution in [-0.2, 0) is 24.0 Å². The average molecular weight is 438 g/mol. The van der Waals surface area contributed by atoms with E-state index in [1.165, 1.54) is 18.7 Å². The Morgan fingerprint density at radius 3 is 2.40 bits per heavy atom. The highest BCUT2D eigenvalue weighted by Gasteiger charge is 2.29. The molecule has 1 heterocycles. The van der Waals surface area contributed by atoms with Gasteiger partial charge in [0.05, 0.1) is 18.8 Å². The van der Waals surface area contributed by atoms with E-state index in [1.807, 2.05) is 35.8 Å². The molecule has 1 saturated heterocycles. The highest BCUT2D eigenvalue weighted by atomic mass is 32.2. The number of carboxylic acids is 1. The fourth-order valence-electron chi connectivity index (χ4n) is 3.07. The van der Waals surface area contributed by atoms with Gasteiger partial charge in [-0.2, -0.15) is 17.2 Å². The molecule has 2 N–H and O–H groups in total. The summed E-state index contributed by atoms with van der Waals surface area (Å²) in [5, 5.41) is 9.19. The number of rotatable bonds is 9. The molecule has 1 aliphatic heterocycles. The van der Waals surface area contributed by atoms with Crippen LogP contribution in [0.1, 0.15) is 19.8 Å². The summed E-state index contributed by atoms with van der Waals surface area (Å²) in [6.45, 7) is 3.69. The third-order valence-corrected chi connectivity index (χ3v) is 5.69. The first-order valence-electron chi connectivity index (χ1n) is 9.71. The molecule has 1 aromatic rings. The van der Waals surface area contributed by atoms with Gasteiger partial charge in [-0.1, -0.05) is 18.2 Å². The highest BCUT2D eigenvalue weighted by molar-refractivity contribution is 7.99. The first-order valence-corrected chi connectivity index (χ1v) is 10.9. The minimum atomic E-state index is -1.03. The standard InChI is InChI=1S/C20H27N3O6S/c1-15(24)21-29-19(27)7-12-30-14-16(13-18(25)26)20(28)23-10-8-22(9-11-23)17-5-3-2-4-6-17/h2-6,16H,7-14H2,1H3,(H,21,24)(H,25,26)/t16-/m0/s1. The normalized spacial score (nSPS) is 14.7. The van der Waals surface area contributed by atoms with Gasteiger partial charge < -0.3 is 19.7 Å². The molecular formula is C20H27N3O6S. The lowest BCUT2D eigenvalue weighted by Crippen LogP contribution is -2.51. The minimum Gasteiger partial charge on any atom is -0.481 e. The number of anilines is 1. The van der Waals surface area contributed by atoms with Crippen molar-refractivity contribution in [3.8, 4) is 0 Å². The fourth-order valence-corrected chi connectivity index (χ4v) is 4.09. The van der Waals surface area contributed by atoms with Crippen LogP contribution < -0.4 is 10.4 Å². The SMILES string of the molecule is CC(=O)NOC(=O)CCSC[C@H](CC(=O)O)C(=O)N1CCN(c2ccccc2)CC1. The van der Waals surface area contributed by atoms with Crippen molar-refractivity contribution in [2.45, 2.75) is 19.8 Å². The van der Waals surface area contributed by atoms with Crippen molar-refractivity contribution >= 4 is 41.2 Å². The summed E-state index contributed by atoms with van der Waals surface area (Å²) >= 11 is 1.32. The second-order valence-corrected chi connectivity index (χ2v) is 8.05. The molecule has 0 spiro atoms. The predicted molar refractivity (Wildman–Crippen MR) is 113 cm³/mol. The van der Waals surface area contributed by atoms with E-state index < -0.39 is 23.8 Å². The number of para-hydroxylation sites is 1. The summed E-state index contributed by atoms with van der Waals surface area (Å²) < 4.78 is 0. The number of nitrogens with zero attached hydrogens (tertiary/aromatic N) is 2. The molecule has 164 valence electrons. The molecule has 1 fully saturated rings. The zero-order chi connectivity index (χ0) is 21.9. The number of thioether (sulfide) groups is 1. The maximum absolute atomic E-state index is 12.9. The largest absolute Gasteiger partial charge is 0.481 e. The molecule has 0 bridgehead atoms. The van der Waals surface area contributed by atoms with Crippen molar-refractivity contribution in [3.63, 3.8) is 0 Å². The van der Waals surface area contributed by atoms with Crippen LogP contribution in [-0.4, -0.2) is 71.4 Å². The van der Waals surface area contributed by atoms with Gasteiger partial charge in [0.2, 0.25) is 11.8 Å². The van der Waals surface area contributed by atoms with Crippen LogP contribution in [0.5, 0.6) is 0 Å². The summed E-state index contributed by atoms with van der Waals surface area (Å²) in [6.07, 6.45) is -0.199. The van der Waals surface area contributed by atoms with Gasteiger partial charge in [0.25, 0.3) is 0 Å². The van der Waals surface area contributed by atoms with Gasteiger partial charge in [0, 0.05) is 50.3 Å². The van der Waals surface area contributed by atoms with Gasteiger partial charge in [-0.25, -0.2) is 4.79 Å². The van der Waals surface area contributed by atoms with E-state index in [0.29, 0.717) is 37.7 Å². The van der Waals surface area contributed by atoms with E-state index in [4.69, 9.17) is 0 Å². The summed E-state index contributed by atoms with van der Waals surface area (Å²) in [4.78, 5) is 54.7. The van der Waals surface area contributed by atoms with Crippen molar-refractivity contribution in [2.24, 2.45) is 5.92 Å². The van der Waals surface area contributed by atoms with E-state index in [9.17, 15) is 24.3 Å². The van der Waals surface area contributed by atoms with E-state index in [2.05, 4.69) is 9.74 Å². The molecule has 1 aliphatic rings. The number of carboxylic acid groups (broad SMARTS) is 1. The molecule has 9 nitrogen and oxygen atoms in total. The number of hydrogen-bond donors (Lipinski definition) is 2. The monoisotopic (exact) mass is 437 g/mol. The number of carbonyl (C=O) groups excluding carboxylic acids is 3. The van der Waals surface area contributed by atoms with E-state index in [-0.39, 0.29) is 18.7 Å². The summed E-state index contributed by atoms with van der Waals surface area (Å²) in [7, 11) is 0. The van der Waals surface area contributed by atoms with Crippen LogP contribution >= 0.6 is 11.8 Å². The number of hydrogen-bond acceptors (Lipinski definition) is 7. The van der Waals surface area contributed by atoms with Gasteiger partial charge in [-0.3, -0.25) is 14.4 Å². The van der Waals surface area contributed by atoms with Crippen LogP contribution in [0.15, 0.2) is 30.3 Å². The lowest BCUT2D eigenvalue weighted by Gasteiger charge is -2.37. The van der Waals surface area contributed by atoms with Crippen LogP contribution in [0.4, 0.5) is 5.69 Å². The summed E-state index contributed by atoms with van der Waals surface area (Å²) in [5.41, 5.74) is 3.06. The molecule has 2 rings (SSSR count).